The van der Waals surface area contributed by atoms with Gasteiger partial charge in [-0.15, -0.1) is 10.2 Å². The summed E-state index contributed by atoms with van der Waals surface area (Å²) in [6.07, 6.45) is 1.63. The molecular weight excluding hydrogens is 364 g/mol. The Bertz CT molecular complexity index is 755. The van der Waals surface area contributed by atoms with Crippen molar-refractivity contribution >= 4 is 29.3 Å². The van der Waals surface area contributed by atoms with E-state index in [1.165, 1.54) is 11.8 Å². The second-order valence-electron chi connectivity index (χ2n) is 6.12. The highest BCUT2D eigenvalue weighted by molar-refractivity contribution is 7.99. The van der Waals surface area contributed by atoms with E-state index in [0.717, 1.165) is 18.8 Å². The summed E-state index contributed by atoms with van der Waals surface area (Å²) in [4.78, 5) is 26.3. The summed E-state index contributed by atoms with van der Waals surface area (Å²) < 4.78 is 1.88. The highest BCUT2D eigenvalue weighted by Crippen LogP contribution is 2.18. The minimum atomic E-state index is -0.357. The fraction of sp³-hybridized carbons (Fsp3) is 0.444. The van der Waals surface area contributed by atoms with Crippen LogP contribution in [0.5, 0.6) is 0 Å². The summed E-state index contributed by atoms with van der Waals surface area (Å²) >= 11 is 1.27. The first-order valence-corrected chi connectivity index (χ1v) is 9.91. The number of hydrazine groups is 1. The fourth-order valence-electron chi connectivity index (χ4n) is 2.47. The van der Waals surface area contributed by atoms with Crippen LogP contribution in [0.4, 0.5) is 5.69 Å². The number of carbonyl (C=O) groups is 2. The second-order valence-corrected chi connectivity index (χ2v) is 7.07. The van der Waals surface area contributed by atoms with Crippen LogP contribution in [-0.2, 0) is 4.79 Å². The van der Waals surface area contributed by atoms with Crippen molar-refractivity contribution in [3.63, 3.8) is 0 Å². The maximum atomic E-state index is 12.2. The van der Waals surface area contributed by atoms with Gasteiger partial charge < -0.3 is 9.47 Å². The lowest BCUT2D eigenvalue weighted by molar-refractivity contribution is -0.119. The van der Waals surface area contributed by atoms with Crippen LogP contribution in [0.3, 0.4) is 0 Å². The van der Waals surface area contributed by atoms with Crippen molar-refractivity contribution in [3.8, 4) is 0 Å². The summed E-state index contributed by atoms with van der Waals surface area (Å²) in [5.41, 5.74) is 6.41. The standard InChI is InChI=1S/C18H26N6O2S/c1-5-23(6-2)15-9-7-14(8-10-15)17(26)21-20-16(25)11-27-18-22-19-12-24(18)13(3)4/h7-10,12-13H,5-6,11H2,1-4H3,(H,20,25)(H,21,26). The molecule has 0 unspecified atom stereocenters. The van der Waals surface area contributed by atoms with Crippen molar-refractivity contribution in [1.82, 2.24) is 25.6 Å². The molecule has 0 spiro atoms. The lowest BCUT2D eigenvalue weighted by Crippen LogP contribution is -2.42. The molecule has 2 amide bonds. The van der Waals surface area contributed by atoms with Gasteiger partial charge in [0, 0.05) is 30.4 Å². The van der Waals surface area contributed by atoms with Crippen LogP contribution in [0.1, 0.15) is 44.1 Å². The van der Waals surface area contributed by atoms with Gasteiger partial charge in [0.15, 0.2) is 5.16 Å². The molecule has 1 heterocycles. The molecule has 2 rings (SSSR count). The van der Waals surface area contributed by atoms with Crippen molar-refractivity contribution in [2.24, 2.45) is 0 Å². The molecule has 27 heavy (non-hydrogen) atoms. The van der Waals surface area contributed by atoms with Crippen LogP contribution < -0.4 is 15.8 Å². The molecule has 8 nitrogen and oxygen atoms in total. The van der Waals surface area contributed by atoms with Crippen molar-refractivity contribution in [2.45, 2.75) is 38.9 Å². The number of thioether (sulfide) groups is 1. The van der Waals surface area contributed by atoms with Crippen molar-refractivity contribution in [3.05, 3.63) is 36.2 Å². The van der Waals surface area contributed by atoms with Crippen LogP contribution in [0, 0.1) is 0 Å². The number of aromatic nitrogens is 3. The fourth-order valence-corrected chi connectivity index (χ4v) is 3.31. The number of hydrogen-bond donors (Lipinski definition) is 2. The Labute approximate surface area is 163 Å². The van der Waals surface area contributed by atoms with Crippen LogP contribution >= 0.6 is 11.8 Å². The molecule has 2 N–H and O–H groups in total. The van der Waals surface area contributed by atoms with E-state index in [1.54, 1.807) is 18.5 Å². The van der Waals surface area contributed by atoms with Crippen molar-refractivity contribution in [1.29, 1.82) is 0 Å². The third-order valence-electron chi connectivity index (χ3n) is 4.00. The number of amides is 2. The molecule has 0 aliphatic carbocycles. The summed E-state index contributed by atoms with van der Waals surface area (Å²) in [5, 5.41) is 8.51. The zero-order chi connectivity index (χ0) is 19.8. The lowest BCUT2D eigenvalue weighted by Gasteiger charge is -2.21. The van der Waals surface area contributed by atoms with Gasteiger partial charge in [0.2, 0.25) is 5.91 Å². The summed E-state index contributed by atoms with van der Waals surface area (Å²) in [6.45, 7) is 10.0. The van der Waals surface area contributed by atoms with Crippen molar-refractivity contribution in [2.75, 3.05) is 23.7 Å². The zero-order valence-corrected chi connectivity index (χ0v) is 16.9. The molecule has 0 radical (unpaired) electrons. The molecule has 9 heteroatoms. The minimum Gasteiger partial charge on any atom is -0.372 e. The monoisotopic (exact) mass is 390 g/mol. The molecule has 1 aromatic heterocycles. The predicted octanol–water partition coefficient (Wildman–Crippen LogP) is 2.26. The maximum Gasteiger partial charge on any atom is 0.269 e. The third-order valence-corrected chi connectivity index (χ3v) is 4.96. The lowest BCUT2D eigenvalue weighted by atomic mass is 10.2. The number of hydrogen-bond acceptors (Lipinski definition) is 6. The molecule has 0 aliphatic rings. The van der Waals surface area contributed by atoms with E-state index in [9.17, 15) is 9.59 Å². The quantitative estimate of drug-likeness (QED) is 0.531. The van der Waals surface area contributed by atoms with Gasteiger partial charge in [-0.2, -0.15) is 0 Å². The maximum absolute atomic E-state index is 12.2. The average Bonchev–Trinajstić information content (AvgIpc) is 3.15. The first-order chi connectivity index (χ1) is 13.0. The van der Waals surface area contributed by atoms with E-state index in [2.05, 4.69) is 39.8 Å². The Morgan fingerprint density at radius 2 is 1.81 bits per heavy atom. The average molecular weight is 391 g/mol. The van der Waals surface area contributed by atoms with Crippen LogP contribution in [0.2, 0.25) is 0 Å². The highest BCUT2D eigenvalue weighted by atomic mass is 32.2. The van der Waals surface area contributed by atoms with E-state index in [0.29, 0.717) is 10.7 Å². The van der Waals surface area contributed by atoms with Gasteiger partial charge in [-0.3, -0.25) is 20.4 Å². The summed E-state index contributed by atoms with van der Waals surface area (Å²) in [6, 6.07) is 7.50. The van der Waals surface area contributed by atoms with E-state index < -0.39 is 0 Å². The molecule has 146 valence electrons. The number of nitrogens with one attached hydrogen (secondary N) is 2. The SMILES string of the molecule is CCN(CC)c1ccc(C(=O)NNC(=O)CSc2nncn2C(C)C)cc1. The van der Waals surface area contributed by atoms with E-state index >= 15 is 0 Å². The smallest absolute Gasteiger partial charge is 0.269 e. The van der Waals surface area contributed by atoms with Gasteiger partial charge in [-0.25, -0.2) is 0 Å². The Kier molecular flexibility index (Phi) is 7.66. The number of benzene rings is 1. The number of carbonyl (C=O) groups excluding carboxylic acids is 2. The first kappa shape index (κ1) is 20.8. The topological polar surface area (TPSA) is 92.2 Å². The van der Waals surface area contributed by atoms with Gasteiger partial charge in [0.25, 0.3) is 5.91 Å². The molecule has 1 aromatic carbocycles. The highest BCUT2D eigenvalue weighted by Gasteiger charge is 2.12. The predicted molar refractivity (Wildman–Crippen MR) is 107 cm³/mol. The molecule has 0 fully saturated rings. The molecular formula is C18H26N6O2S. The normalized spacial score (nSPS) is 10.7. The molecule has 0 atom stereocenters. The van der Waals surface area contributed by atoms with Gasteiger partial charge in [-0.05, 0) is 52.0 Å². The summed E-state index contributed by atoms with van der Waals surface area (Å²) in [7, 11) is 0. The number of rotatable bonds is 8. The summed E-state index contributed by atoms with van der Waals surface area (Å²) in [5.74, 6) is -0.539. The van der Waals surface area contributed by atoms with Gasteiger partial charge >= 0.3 is 0 Å². The second kappa shape index (κ2) is 9.96. The molecule has 0 aliphatic heterocycles. The molecule has 0 bridgehead atoms. The van der Waals surface area contributed by atoms with Gasteiger partial charge in [0.05, 0.1) is 5.75 Å². The van der Waals surface area contributed by atoms with Gasteiger partial charge in [-0.1, -0.05) is 11.8 Å². The Morgan fingerprint density at radius 3 is 2.41 bits per heavy atom. The molecule has 0 saturated heterocycles. The van der Waals surface area contributed by atoms with Crippen LogP contribution in [-0.4, -0.2) is 45.4 Å². The largest absolute Gasteiger partial charge is 0.372 e. The van der Waals surface area contributed by atoms with E-state index in [-0.39, 0.29) is 23.6 Å². The van der Waals surface area contributed by atoms with E-state index in [4.69, 9.17) is 0 Å². The van der Waals surface area contributed by atoms with E-state index in [1.807, 2.05) is 30.5 Å². The number of nitrogens with zero attached hydrogens (tertiary/aromatic N) is 4. The third kappa shape index (κ3) is 5.72. The minimum absolute atomic E-state index is 0.132. The van der Waals surface area contributed by atoms with Crippen LogP contribution in [0.15, 0.2) is 35.7 Å². The molecule has 0 saturated carbocycles. The number of anilines is 1. The molecule has 2 aromatic rings. The zero-order valence-electron chi connectivity index (χ0n) is 16.1. The first-order valence-electron chi connectivity index (χ1n) is 8.92. The van der Waals surface area contributed by atoms with Gasteiger partial charge in [0.1, 0.15) is 6.33 Å². The van der Waals surface area contributed by atoms with Crippen LogP contribution in [0.25, 0.3) is 0 Å². The Hall–Kier alpha value is -2.55. The Morgan fingerprint density at radius 1 is 1.15 bits per heavy atom. The van der Waals surface area contributed by atoms with Crippen molar-refractivity contribution < 1.29 is 9.59 Å². The Balaban J connectivity index is 1.82.